The molecule has 4 aromatic rings. The number of carbonyl (C=O) groups is 1. The Morgan fingerprint density at radius 3 is 2.53 bits per heavy atom. The van der Waals surface area contributed by atoms with Gasteiger partial charge in [0.15, 0.2) is 0 Å². The van der Waals surface area contributed by atoms with Crippen molar-refractivity contribution >= 4 is 23.4 Å². The highest BCUT2D eigenvalue weighted by atomic mass is 32.2. The van der Waals surface area contributed by atoms with Gasteiger partial charge in [-0.1, -0.05) is 12.1 Å². The van der Waals surface area contributed by atoms with E-state index in [1.807, 2.05) is 29.1 Å². The molecule has 0 atom stereocenters. The minimum Gasteiger partial charge on any atom is -0.324 e. The third-order valence-corrected chi connectivity index (χ3v) is 5.48. The lowest BCUT2D eigenvalue weighted by Crippen LogP contribution is -2.15. The van der Waals surface area contributed by atoms with Crippen molar-refractivity contribution in [2.45, 2.75) is 10.8 Å². The third-order valence-electron chi connectivity index (χ3n) is 4.41. The molecule has 7 heteroatoms. The number of pyridine rings is 1. The largest absolute Gasteiger partial charge is 0.324 e. The molecule has 30 heavy (non-hydrogen) atoms. The number of carbonyl (C=O) groups excluding carboxylic acids is 1. The summed E-state index contributed by atoms with van der Waals surface area (Å²) < 4.78 is 29.2. The molecule has 0 bridgehead atoms. The van der Waals surface area contributed by atoms with Crippen molar-refractivity contribution in [2.24, 2.45) is 0 Å². The van der Waals surface area contributed by atoms with Crippen LogP contribution in [0.2, 0.25) is 0 Å². The SMILES string of the molecule is O=C(Nc1cc(-n2cccc2)ccc1F)c1cccnc1SCc1ccc(F)cc1. The van der Waals surface area contributed by atoms with E-state index in [1.54, 1.807) is 42.6 Å². The van der Waals surface area contributed by atoms with E-state index in [9.17, 15) is 13.6 Å². The summed E-state index contributed by atoms with van der Waals surface area (Å²) in [6.45, 7) is 0. The fraction of sp³-hybridized carbons (Fsp3) is 0.0435. The first-order chi connectivity index (χ1) is 14.6. The van der Waals surface area contributed by atoms with Crippen molar-refractivity contribution in [3.63, 3.8) is 0 Å². The maximum atomic E-state index is 14.3. The highest BCUT2D eigenvalue weighted by molar-refractivity contribution is 7.98. The number of rotatable bonds is 6. The minimum atomic E-state index is -0.524. The highest BCUT2D eigenvalue weighted by Gasteiger charge is 2.15. The maximum Gasteiger partial charge on any atom is 0.258 e. The number of nitrogens with zero attached hydrogens (tertiary/aromatic N) is 2. The number of thioether (sulfide) groups is 1. The van der Waals surface area contributed by atoms with Crippen molar-refractivity contribution in [3.05, 3.63) is 108 Å². The summed E-state index contributed by atoms with van der Waals surface area (Å²) in [6, 6.07) is 17.7. The second-order valence-electron chi connectivity index (χ2n) is 6.48. The Labute approximate surface area is 176 Å². The number of nitrogens with one attached hydrogen (secondary N) is 1. The van der Waals surface area contributed by atoms with E-state index < -0.39 is 11.7 Å². The Morgan fingerprint density at radius 1 is 1.00 bits per heavy atom. The van der Waals surface area contributed by atoms with Crippen molar-refractivity contribution in [1.29, 1.82) is 0 Å². The predicted molar refractivity (Wildman–Crippen MR) is 114 cm³/mol. The van der Waals surface area contributed by atoms with Gasteiger partial charge < -0.3 is 9.88 Å². The number of hydrogen-bond donors (Lipinski definition) is 1. The molecule has 0 aliphatic rings. The predicted octanol–water partition coefficient (Wildman–Crippen LogP) is 5.70. The number of aromatic nitrogens is 2. The summed E-state index contributed by atoms with van der Waals surface area (Å²) in [5, 5.41) is 3.16. The van der Waals surface area contributed by atoms with Crippen LogP contribution in [-0.2, 0) is 5.75 Å². The van der Waals surface area contributed by atoms with E-state index in [1.165, 1.54) is 30.0 Å². The van der Waals surface area contributed by atoms with Crippen LogP contribution in [0.5, 0.6) is 0 Å². The van der Waals surface area contributed by atoms with Crippen LogP contribution in [0.25, 0.3) is 5.69 Å². The van der Waals surface area contributed by atoms with Gasteiger partial charge in [0.1, 0.15) is 16.7 Å². The van der Waals surface area contributed by atoms with Gasteiger partial charge in [0.2, 0.25) is 0 Å². The standard InChI is InChI=1S/C23H17F2N3OS/c24-17-7-5-16(6-8-17)15-30-23-19(4-3-11-26-23)22(29)27-21-14-18(9-10-20(21)25)28-12-1-2-13-28/h1-14H,15H2,(H,27,29). The van der Waals surface area contributed by atoms with E-state index in [-0.39, 0.29) is 11.5 Å². The van der Waals surface area contributed by atoms with Gasteiger partial charge in [0.25, 0.3) is 5.91 Å². The van der Waals surface area contributed by atoms with Crippen LogP contribution in [0.4, 0.5) is 14.5 Å². The first kappa shape index (κ1) is 19.8. The van der Waals surface area contributed by atoms with E-state index in [4.69, 9.17) is 0 Å². The van der Waals surface area contributed by atoms with Crippen molar-refractivity contribution in [1.82, 2.24) is 9.55 Å². The number of hydrogen-bond acceptors (Lipinski definition) is 3. The van der Waals surface area contributed by atoms with Gasteiger partial charge in [0.05, 0.1) is 11.3 Å². The zero-order chi connectivity index (χ0) is 20.9. The molecule has 2 heterocycles. The summed E-state index contributed by atoms with van der Waals surface area (Å²) in [4.78, 5) is 17.1. The molecule has 0 saturated heterocycles. The molecule has 0 fully saturated rings. The van der Waals surface area contributed by atoms with Crippen LogP contribution in [-0.4, -0.2) is 15.5 Å². The van der Waals surface area contributed by atoms with E-state index in [2.05, 4.69) is 10.3 Å². The number of amides is 1. The Morgan fingerprint density at radius 2 is 1.77 bits per heavy atom. The Hall–Kier alpha value is -3.45. The van der Waals surface area contributed by atoms with Crippen LogP contribution in [0, 0.1) is 11.6 Å². The van der Waals surface area contributed by atoms with Crippen LogP contribution in [0.1, 0.15) is 15.9 Å². The lowest BCUT2D eigenvalue weighted by molar-refractivity contribution is 0.102. The van der Waals surface area contributed by atoms with Gasteiger partial charge in [-0.05, 0) is 60.2 Å². The second kappa shape index (κ2) is 8.92. The minimum absolute atomic E-state index is 0.0875. The van der Waals surface area contributed by atoms with Gasteiger partial charge in [-0.2, -0.15) is 0 Å². The number of benzene rings is 2. The molecule has 0 radical (unpaired) electrons. The van der Waals surface area contributed by atoms with Crippen LogP contribution < -0.4 is 5.32 Å². The molecule has 4 nitrogen and oxygen atoms in total. The second-order valence-corrected chi connectivity index (χ2v) is 7.44. The summed E-state index contributed by atoms with van der Waals surface area (Å²) in [6.07, 6.45) is 5.27. The molecular weight excluding hydrogens is 404 g/mol. The fourth-order valence-corrected chi connectivity index (χ4v) is 3.82. The Kier molecular flexibility index (Phi) is 5.90. The first-order valence-electron chi connectivity index (χ1n) is 9.16. The Balaban J connectivity index is 1.53. The van der Waals surface area contributed by atoms with E-state index >= 15 is 0 Å². The van der Waals surface area contributed by atoms with Crippen molar-refractivity contribution in [3.8, 4) is 5.69 Å². The van der Waals surface area contributed by atoms with E-state index in [0.717, 1.165) is 11.3 Å². The summed E-state index contributed by atoms with van der Waals surface area (Å²) >= 11 is 1.36. The maximum absolute atomic E-state index is 14.3. The molecule has 1 amide bonds. The molecule has 1 N–H and O–H groups in total. The Bertz CT molecular complexity index is 1160. The van der Waals surface area contributed by atoms with Crippen LogP contribution >= 0.6 is 11.8 Å². The molecule has 0 aliphatic carbocycles. The zero-order valence-corrected chi connectivity index (χ0v) is 16.6. The molecule has 0 aliphatic heterocycles. The monoisotopic (exact) mass is 421 g/mol. The molecule has 150 valence electrons. The average Bonchev–Trinajstić information content (AvgIpc) is 3.30. The van der Waals surface area contributed by atoms with Gasteiger partial charge in [-0.25, -0.2) is 13.8 Å². The molecular formula is C23H17F2N3OS. The van der Waals surface area contributed by atoms with Gasteiger partial charge in [0, 0.05) is 30.0 Å². The quantitative estimate of drug-likeness (QED) is 0.407. The van der Waals surface area contributed by atoms with Crippen LogP contribution in [0.3, 0.4) is 0 Å². The zero-order valence-electron chi connectivity index (χ0n) is 15.8. The van der Waals surface area contributed by atoms with Crippen molar-refractivity contribution < 1.29 is 13.6 Å². The summed E-state index contributed by atoms with van der Waals surface area (Å²) in [5.41, 5.74) is 2.07. The number of anilines is 1. The molecule has 4 rings (SSSR count). The fourth-order valence-electron chi connectivity index (χ4n) is 2.88. The molecule has 0 spiro atoms. The molecule has 2 aromatic carbocycles. The average molecular weight is 421 g/mol. The van der Waals surface area contributed by atoms with Gasteiger partial charge in [-0.3, -0.25) is 4.79 Å². The molecule has 0 saturated carbocycles. The topological polar surface area (TPSA) is 46.9 Å². The van der Waals surface area contributed by atoms with E-state index in [0.29, 0.717) is 16.3 Å². The van der Waals surface area contributed by atoms with Gasteiger partial charge >= 0.3 is 0 Å². The molecule has 2 aromatic heterocycles. The normalized spacial score (nSPS) is 10.7. The third kappa shape index (κ3) is 4.58. The lowest BCUT2D eigenvalue weighted by Gasteiger charge is -2.11. The smallest absolute Gasteiger partial charge is 0.258 e. The van der Waals surface area contributed by atoms with Crippen molar-refractivity contribution in [2.75, 3.05) is 5.32 Å². The highest BCUT2D eigenvalue weighted by Crippen LogP contribution is 2.26. The first-order valence-corrected chi connectivity index (χ1v) is 10.2. The summed E-state index contributed by atoms with van der Waals surface area (Å²) in [5.74, 6) is -0.752. The summed E-state index contributed by atoms with van der Waals surface area (Å²) in [7, 11) is 0. The molecule has 0 unspecified atom stereocenters. The lowest BCUT2D eigenvalue weighted by atomic mass is 10.2. The van der Waals surface area contributed by atoms with Crippen LogP contribution in [0.15, 0.2) is 90.3 Å². The number of halogens is 2. The van der Waals surface area contributed by atoms with Gasteiger partial charge in [-0.15, -0.1) is 11.8 Å².